The molecule has 0 saturated carbocycles. The molecule has 0 aromatic heterocycles. The molecule has 4 nitrogen and oxygen atoms in total. The number of hydrogen-bond acceptors (Lipinski definition) is 3. The molecular weight excluding hydrogens is 295 g/mol. The number of carbonyl (C=O) groups excluding carboxylic acids is 1. The first-order valence-corrected chi connectivity index (χ1v) is 6.90. The number of carbonyl (C=O) groups is 1. The van der Waals surface area contributed by atoms with Crippen LogP contribution in [0.3, 0.4) is 0 Å². The maximum atomic E-state index is 12.9. The summed E-state index contributed by atoms with van der Waals surface area (Å²) in [6.07, 6.45) is 2.08. The molecule has 2 unspecified atom stereocenters. The molecule has 1 aliphatic heterocycles. The van der Waals surface area contributed by atoms with Gasteiger partial charge < -0.3 is 15.4 Å². The lowest BCUT2D eigenvalue weighted by atomic mass is 9.98. The smallest absolute Gasteiger partial charge is 0.227 e. The number of rotatable bonds is 4. The van der Waals surface area contributed by atoms with Gasteiger partial charge >= 0.3 is 0 Å². The zero-order valence-corrected chi connectivity index (χ0v) is 12.9. The predicted octanol–water partition coefficient (Wildman–Crippen LogP) is 1.75. The summed E-state index contributed by atoms with van der Waals surface area (Å²) in [4.78, 5) is 14.2. The molecule has 2 atom stereocenters. The molecule has 2 rings (SSSR count). The molecule has 1 amide bonds. The van der Waals surface area contributed by atoms with Crippen LogP contribution in [0.1, 0.15) is 18.4 Å². The van der Waals surface area contributed by atoms with Crippen LogP contribution in [0.25, 0.3) is 0 Å². The van der Waals surface area contributed by atoms with Crippen molar-refractivity contribution in [2.45, 2.75) is 31.4 Å². The van der Waals surface area contributed by atoms with Crippen LogP contribution in [0.5, 0.6) is 0 Å². The molecule has 1 aromatic rings. The van der Waals surface area contributed by atoms with Crippen molar-refractivity contribution in [1.29, 1.82) is 0 Å². The minimum Gasteiger partial charge on any atom is -0.381 e. The third kappa shape index (κ3) is 4.66. The summed E-state index contributed by atoms with van der Waals surface area (Å²) in [5, 5.41) is 0. The summed E-state index contributed by atoms with van der Waals surface area (Å²) in [6, 6.07) is 6.07. The fraction of sp³-hybridized carbons (Fsp3) is 0.533. The van der Waals surface area contributed by atoms with Crippen molar-refractivity contribution in [1.82, 2.24) is 4.90 Å². The highest BCUT2D eigenvalue weighted by Gasteiger charge is 2.30. The number of ether oxygens (including phenoxy) is 1. The van der Waals surface area contributed by atoms with E-state index < -0.39 is 0 Å². The van der Waals surface area contributed by atoms with Crippen LogP contribution in [-0.2, 0) is 16.0 Å². The van der Waals surface area contributed by atoms with Crippen LogP contribution in [0.4, 0.5) is 4.39 Å². The maximum absolute atomic E-state index is 12.9. The molecular formula is C15H22ClFN2O2. The van der Waals surface area contributed by atoms with E-state index in [1.165, 1.54) is 12.1 Å². The van der Waals surface area contributed by atoms with Gasteiger partial charge in [0.2, 0.25) is 5.91 Å². The van der Waals surface area contributed by atoms with Crippen molar-refractivity contribution in [2.75, 3.05) is 20.2 Å². The van der Waals surface area contributed by atoms with Crippen LogP contribution < -0.4 is 5.73 Å². The third-order valence-corrected chi connectivity index (χ3v) is 3.86. The Kier molecular flexibility index (Phi) is 7.08. The number of nitrogens with two attached hydrogens (primary N) is 1. The molecule has 1 aliphatic rings. The average Bonchev–Trinajstić information content (AvgIpc) is 2.48. The number of nitrogens with zero attached hydrogens (tertiary/aromatic N) is 1. The van der Waals surface area contributed by atoms with Gasteiger partial charge in [-0.25, -0.2) is 4.39 Å². The van der Waals surface area contributed by atoms with E-state index in [2.05, 4.69) is 0 Å². The summed E-state index contributed by atoms with van der Waals surface area (Å²) >= 11 is 0. The molecule has 0 aliphatic carbocycles. The quantitative estimate of drug-likeness (QED) is 0.921. The van der Waals surface area contributed by atoms with Gasteiger partial charge in [-0.15, -0.1) is 12.4 Å². The van der Waals surface area contributed by atoms with E-state index in [9.17, 15) is 9.18 Å². The van der Waals surface area contributed by atoms with Crippen molar-refractivity contribution in [3.63, 3.8) is 0 Å². The van der Waals surface area contributed by atoms with Gasteiger partial charge in [-0.05, 0) is 30.5 Å². The highest BCUT2D eigenvalue weighted by Crippen LogP contribution is 2.20. The second-order valence-electron chi connectivity index (χ2n) is 5.16. The summed E-state index contributed by atoms with van der Waals surface area (Å²) in [5.41, 5.74) is 6.58. The first-order valence-electron chi connectivity index (χ1n) is 6.90. The van der Waals surface area contributed by atoms with Crippen molar-refractivity contribution in [3.05, 3.63) is 35.6 Å². The molecule has 0 bridgehead atoms. The molecule has 1 saturated heterocycles. The molecule has 0 radical (unpaired) electrons. The molecule has 1 aromatic carbocycles. The highest BCUT2D eigenvalue weighted by molar-refractivity contribution is 5.85. The van der Waals surface area contributed by atoms with Gasteiger partial charge in [0, 0.05) is 26.2 Å². The number of benzene rings is 1. The largest absolute Gasteiger partial charge is 0.381 e. The second-order valence-corrected chi connectivity index (χ2v) is 5.16. The lowest BCUT2D eigenvalue weighted by molar-refractivity contribution is -0.136. The van der Waals surface area contributed by atoms with E-state index in [4.69, 9.17) is 10.5 Å². The van der Waals surface area contributed by atoms with E-state index in [-0.39, 0.29) is 42.7 Å². The fourth-order valence-corrected chi connectivity index (χ4v) is 2.66. The Morgan fingerprint density at radius 2 is 2.10 bits per heavy atom. The number of amides is 1. The van der Waals surface area contributed by atoms with E-state index >= 15 is 0 Å². The molecule has 0 spiro atoms. The van der Waals surface area contributed by atoms with Crippen LogP contribution in [0, 0.1) is 5.82 Å². The van der Waals surface area contributed by atoms with Gasteiger partial charge in [0.15, 0.2) is 0 Å². The summed E-state index contributed by atoms with van der Waals surface area (Å²) in [7, 11) is 1.69. The van der Waals surface area contributed by atoms with E-state index in [0.29, 0.717) is 13.1 Å². The Morgan fingerprint density at radius 3 is 2.67 bits per heavy atom. The number of piperidine rings is 1. The molecule has 118 valence electrons. The number of halogens is 2. The number of likely N-dealkylation sites (tertiary alicyclic amines) is 1. The summed E-state index contributed by atoms with van der Waals surface area (Å²) < 4.78 is 18.2. The van der Waals surface area contributed by atoms with Crippen molar-refractivity contribution < 1.29 is 13.9 Å². The van der Waals surface area contributed by atoms with E-state index in [1.807, 2.05) is 4.90 Å². The first-order chi connectivity index (χ1) is 9.63. The minimum atomic E-state index is -0.290. The Hall–Kier alpha value is -1.17. The highest BCUT2D eigenvalue weighted by atomic mass is 35.5. The average molecular weight is 317 g/mol. The third-order valence-electron chi connectivity index (χ3n) is 3.86. The molecule has 2 N–H and O–H groups in total. The predicted molar refractivity (Wildman–Crippen MR) is 81.9 cm³/mol. The van der Waals surface area contributed by atoms with Gasteiger partial charge in [0.05, 0.1) is 12.5 Å². The molecule has 6 heteroatoms. The standard InChI is InChI=1S/C15H21FN2O2.ClH/c1-20-14-6-7-18(13(9-14)10-17)15(19)8-11-2-4-12(16)5-3-11;/h2-5,13-14H,6-10,17H2,1H3;1H. The Balaban J connectivity index is 0.00000220. The zero-order chi connectivity index (χ0) is 14.5. The molecule has 1 heterocycles. The van der Waals surface area contributed by atoms with Crippen molar-refractivity contribution in [3.8, 4) is 0 Å². The van der Waals surface area contributed by atoms with Crippen LogP contribution in [-0.4, -0.2) is 43.2 Å². The molecule has 21 heavy (non-hydrogen) atoms. The fourth-order valence-electron chi connectivity index (χ4n) is 2.66. The Labute approximate surface area is 130 Å². The van der Waals surface area contributed by atoms with E-state index in [0.717, 1.165) is 18.4 Å². The lowest BCUT2D eigenvalue weighted by Gasteiger charge is -2.38. The Morgan fingerprint density at radius 1 is 1.43 bits per heavy atom. The van der Waals surface area contributed by atoms with Crippen LogP contribution >= 0.6 is 12.4 Å². The minimum absolute atomic E-state index is 0. The SMILES string of the molecule is COC1CCN(C(=O)Cc2ccc(F)cc2)C(CN)C1.Cl. The van der Waals surface area contributed by atoms with Gasteiger partial charge in [-0.1, -0.05) is 12.1 Å². The number of hydrogen-bond donors (Lipinski definition) is 1. The monoisotopic (exact) mass is 316 g/mol. The Bertz CT molecular complexity index is 455. The van der Waals surface area contributed by atoms with Gasteiger partial charge in [0.25, 0.3) is 0 Å². The van der Waals surface area contributed by atoms with Gasteiger partial charge in [-0.3, -0.25) is 4.79 Å². The van der Waals surface area contributed by atoms with Crippen LogP contribution in [0.2, 0.25) is 0 Å². The second kappa shape index (κ2) is 8.32. The van der Waals surface area contributed by atoms with Crippen molar-refractivity contribution in [2.24, 2.45) is 5.73 Å². The van der Waals surface area contributed by atoms with Crippen molar-refractivity contribution >= 4 is 18.3 Å². The normalized spacial score (nSPS) is 21.8. The lowest BCUT2D eigenvalue weighted by Crippen LogP contribution is -2.51. The van der Waals surface area contributed by atoms with E-state index in [1.54, 1.807) is 19.2 Å². The maximum Gasteiger partial charge on any atom is 0.227 e. The van der Waals surface area contributed by atoms with Crippen LogP contribution in [0.15, 0.2) is 24.3 Å². The molecule has 1 fully saturated rings. The topological polar surface area (TPSA) is 55.6 Å². The number of methoxy groups -OCH3 is 1. The van der Waals surface area contributed by atoms with Gasteiger partial charge in [-0.2, -0.15) is 0 Å². The summed E-state index contributed by atoms with van der Waals surface area (Å²) in [6.45, 7) is 1.11. The van der Waals surface area contributed by atoms with Gasteiger partial charge in [0.1, 0.15) is 5.82 Å². The zero-order valence-electron chi connectivity index (χ0n) is 12.1. The first kappa shape index (κ1) is 17.9. The summed E-state index contributed by atoms with van der Waals surface area (Å²) in [5.74, 6) is -0.247.